The highest BCUT2D eigenvalue weighted by Crippen LogP contribution is 2.31. The molecule has 1 unspecified atom stereocenters. The van der Waals surface area contributed by atoms with Crippen LogP contribution >= 0.6 is 0 Å². The number of aryl methyl sites for hydroxylation is 2. The van der Waals surface area contributed by atoms with Crippen molar-refractivity contribution in [3.63, 3.8) is 0 Å². The van der Waals surface area contributed by atoms with Gasteiger partial charge in [0.05, 0.1) is 12.7 Å². The zero-order chi connectivity index (χ0) is 21.8. The van der Waals surface area contributed by atoms with Crippen LogP contribution in [0.2, 0.25) is 0 Å². The summed E-state index contributed by atoms with van der Waals surface area (Å²) in [5, 5.41) is 3.25. The zero-order valence-corrected chi connectivity index (χ0v) is 18.1. The lowest BCUT2D eigenvalue weighted by Gasteiger charge is -2.33. The number of pyridine rings is 1. The highest BCUT2D eigenvalue weighted by molar-refractivity contribution is 5.97. The lowest BCUT2D eigenvalue weighted by molar-refractivity contribution is 0.0702. The number of nitrogens with zero attached hydrogens (tertiary/aromatic N) is 4. The molecule has 7 nitrogen and oxygen atoms in total. The summed E-state index contributed by atoms with van der Waals surface area (Å²) < 4.78 is 5.51. The molecule has 160 valence electrons. The molecule has 0 bridgehead atoms. The zero-order valence-electron chi connectivity index (χ0n) is 18.1. The summed E-state index contributed by atoms with van der Waals surface area (Å²) >= 11 is 0. The molecule has 0 saturated carbocycles. The molecule has 1 saturated heterocycles. The second-order valence-corrected chi connectivity index (χ2v) is 7.87. The monoisotopic (exact) mass is 417 g/mol. The van der Waals surface area contributed by atoms with Gasteiger partial charge in [0.25, 0.3) is 5.91 Å². The van der Waals surface area contributed by atoms with Crippen LogP contribution in [0.1, 0.15) is 46.1 Å². The Balaban J connectivity index is 1.55. The summed E-state index contributed by atoms with van der Waals surface area (Å²) in [6.45, 7) is 5.30. The van der Waals surface area contributed by atoms with Gasteiger partial charge >= 0.3 is 0 Å². The number of ether oxygens (including phenoxy) is 1. The molecule has 0 radical (unpaired) electrons. The minimum atomic E-state index is 0.00828. The van der Waals surface area contributed by atoms with Crippen molar-refractivity contribution in [1.82, 2.24) is 19.9 Å². The lowest BCUT2D eigenvalue weighted by Crippen LogP contribution is -2.39. The van der Waals surface area contributed by atoms with Gasteiger partial charge in [0.2, 0.25) is 5.95 Å². The van der Waals surface area contributed by atoms with Gasteiger partial charge in [-0.05, 0) is 56.5 Å². The summed E-state index contributed by atoms with van der Waals surface area (Å²) in [5.74, 6) is 1.38. The highest BCUT2D eigenvalue weighted by Gasteiger charge is 2.28. The van der Waals surface area contributed by atoms with E-state index in [9.17, 15) is 4.79 Å². The van der Waals surface area contributed by atoms with Crippen LogP contribution in [0.15, 0.2) is 48.8 Å². The van der Waals surface area contributed by atoms with Gasteiger partial charge in [0.1, 0.15) is 5.75 Å². The second kappa shape index (κ2) is 9.12. The number of hydrogen-bond donors (Lipinski definition) is 1. The predicted molar refractivity (Wildman–Crippen MR) is 120 cm³/mol. The number of para-hydroxylation sites is 1. The molecular weight excluding hydrogens is 390 g/mol. The first kappa shape index (κ1) is 20.8. The second-order valence-electron chi connectivity index (χ2n) is 7.87. The largest absolute Gasteiger partial charge is 0.496 e. The van der Waals surface area contributed by atoms with E-state index in [4.69, 9.17) is 9.72 Å². The molecule has 7 heteroatoms. The molecule has 1 aromatic carbocycles. The smallest absolute Gasteiger partial charge is 0.257 e. The highest BCUT2D eigenvalue weighted by atomic mass is 16.5. The molecule has 2 aromatic heterocycles. The van der Waals surface area contributed by atoms with Crippen molar-refractivity contribution in [2.45, 2.75) is 32.6 Å². The number of benzene rings is 1. The molecule has 3 aromatic rings. The number of aromatic nitrogens is 3. The Kier molecular flexibility index (Phi) is 6.11. The van der Waals surface area contributed by atoms with Crippen molar-refractivity contribution in [3.8, 4) is 5.75 Å². The maximum Gasteiger partial charge on any atom is 0.257 e. The van der Waals surface area contributed by atoms with Gasteiger partial charge in [-0.25, -0.2) is 9.97 Å². The number of hydrogen-bond acceptors (Lipinski definition) is 6. The molecule has 3 heterocycles. The third-order valence-corrected chi connectivity index (χ3v) is 5.57. The van der Waals surface area contributed by atoms with Crippen molar-refractivity contribution in [1.29, 1.82) is 0 Å². The number of anilines is 2. The minimum Gasteiger partial charge on any atom is -0.496 e. The van der Waals surface area contributed by atoms with Gasteiger partial charge in [0.15, 0.2) is 0 Å². The van der Waals surface area contributed by atoms with Crippen LogP contribution < -0.4 is 10.1 Å². The van der Waals surface area contributed by atoms with Gasteiger partial charge in [-0.2, -0.15) is 0 Å². The Morgan fingerprint density at radius 1 is 1.16 bits per heavy atom. The third kappa shape index (κ3) is 4.66. The van der Waals surface area contributed by atoms with E-state index in [1.807, 2.05) is 49.1 Å². The fourth-order valence-electron chi connectivity index (χ4n) is 4.13. The minimum absolute atomic E-state index is 0.00828. The van der Waals surface area contributed by atoms with E-state index in [0.29, 0.717) is 23.8 Å². The molecule has 31 heavy (non-hydrogen) atoms. The molecule has 1 amide bonds. The SMILES string of the molecule is COc1c(C)cccc1C(=O)N1CCCC(c2cc(Nc3ncccn3)cc(C)n2)C1. The van der Waals surface area contributed by atoms with Crippen molar-refractivity contribution >= 4 is 17.5 Å². The van der Waals surface area contributed by atoms with Gasteiger partial charge in [-0.1, -0.05) is 12.1 Å². The Hall–Kier alpha value is -3.48. The summed E-state index contributed by atoms with van der Waals surface area (Å²) in [6.07, 6.45) is 5.33. The summed E-state index contributed by atoms with van der Waals surface area (Å²) in [5.41, 5.74) is 4.37. The number of amides is 1. The Bertz CT molecular complexity index is 1070. The summed E-state index contributed by atoms with van der Waals surface area (Å²) in [4.78, 5) is 28.4. The van der Waals surface area contributed by atoms with E-state index >= 15 is 0 Å². The van der Waals surface area contributed by atoms with Crippen LogP contribution in [0.3, 0.4) is 0 Å². The van der Waals surface area contributed by atoms with E-state index in [0.717, 1.165) is 42.0 Å². The van der Waals surface area contributed by atoms with Crippen molar-refractivity contribution < 1.29 is 9.53 Å². The molecule has 4 rings (SSSR count). The quantitative estimate of drug-likeness (QED) is 0.668. The standard InChI is InChI=1S/C24H27N5O2/c1-16-7-4-9-20(22(16)31-3)23(30)29-12-5-8-18(15-29)21-14-19(13-17(2)27-21)28-24-25-10-6-11-26-24/h4,6-7,9-11,13-14,18H,5,8,12,15H2,1-3H3,(H,25,26,27,28). The van der Waals surface area contributed by atoms with E-state index in [1.165, 1.54) is 0 Å². The summed E-state index contributed by atoms with van der Waals surface area (Å²) in [6, 6.07) is 11.5. The van der Waals surface area contributed by atoms with Crippen molar-refractivity contribution in [2.24, 2.45) is 0 Å². The first-order chi connectivity index (χ1) is 15.0. The molecule has 1 aliphatic rings. The predicted octanol–water partition coefficient (Wildman–Crippen LogP) is 4.26. The molecule has 1 N–H and O–H groups in total. The van der Waals surface area contributed by atoms with Crippen LogP contribution in [0.25, 0.3) is 0 Å². The maximum absolute atomic E-state index is 13.3. The van der Waals surface area contributed by atoms with Crippen LogP contribution in [-0.2, 0) is 0 Å². The molecule has 1 atom stereocenters. The van der Waals surface area contributed by atoms with Crippen molar-refractivity contribution in [2.75, 3.05) is 25.5 Å². The maximum atomic E-state index is 13.3. The number of rotatable bonds is 5. The van der Waals surface area contributed by atoms with Gasteiger partial charge in [-0.3, -0.25) is 9.78 Å². The van der Waals surface area contributed by atoms with E-state index in [2.05, 4.69) is 15.3 Å². The average Bonchev–Trinajstić information content (AvgIpc) is 2.79. The van der Waals surface area contributed by atoms with Gasteiger partial charge < -0.3 is 15.0 Å². The van der Waals surface area contributed by atoms with Gasteiger partial charge in [-0.15, -0.1) is 0 Å². The third-order valence-electron chi connectivity index (χ3n) is 5.57. The Morgan fingerprint density at radius 3 is 2.74 bits per heavy atom. The lowest BCUT2D eigenvalue weighted by atomic mass is 9.93. The number of carbonyl (C=O) groups excluding carboxylic acids is 1. The van der Waals surface area contributed by atoms with E-state index < -0.39 is 0 Å². The molecular formula is C24H27N5O2. The number of carbonyl (C=O) groups is 1. The first-order valence-electron chi connectivity index (χ1n) is 10.5. The van der Waals surface area contributed by atoms with Crippen LogP contribution in [0, 0.1) is 13.8 Å². The van der Waals surface area contributed by atoms with E-state index in [-0.39, 0.29) is 11.8 Å². The van der Waals surface area contributed by atoms with Crippen LogP contribution in [-0.4, -0.2) is 46.0 Å². The topological polar surface area (TPSA) is 80.2 Å². The first-order valence-corrected chi connectivity index (χ1v) is 10.5. The van der Waals surface area contributed by atoms with E-state index in [1.54, 1.807) is 25.6 Å². The molecule has 1 fully saturated rings. The van der Waals surface area contributed by atoms with Gasteiger partial charge in [0, 0.05) is 48.5 Å². The Morgan fingerprint density at radius 2 is 1.97 bits per heavy atom. The van der Waals surface area contributed by atoms with Crippen molar-refractivity contribution in [3.05, 3.63) is 71.3 Å². The number of piperidine rings is 1. The molecule has 0 spiro atoms. The van der Waals surface area contributed by atoms with Crippen LogP contribution in [0.4, 0.5) is 11.6 Å². The number of likely N-dealkylation sites (tertiary alicyclic amines) is 1. The fraction of sp³-hybridized carbons (Fsp3) is 0.333. The number of methoxy groups -OCH3 is 1. The molecule has 0 aliphatic carbocycles. The molecule has 1 aliphatic heterocycles. The number of nitrogens with one attached hydrogen (secondary N) is 1. The average molecular weight is 418 g/mol. The normalized spacial score (nSPS) is 16.1. The van der Waals surface area contributed by atoms with Crippen LogP contribution in [0.5, 0.6) is 5.75 Å². The Labute approximate surface area is 182 Å². The summed E-state index contributed by atoms with van der Waals surface area (Å²) in [7, 11) is 1.61. The fourth-order valence-corrected chi connectivity index (χ4v) is 4.13.